The molecule has 134 valence electrons. The molecule has 8 heteroatoms. The second-order valence-corrected chi connectivity index (χ2v) is 6.11. The second kappa shape index (κ2) is 7.29. The van der Waals surface area contributed by atoms with Crippen LogP contribution in [0.15, 0.2) is 12.7 Å². The molecule has 0 radical (unpaired) electrons. The van der Waals surface area contributed by atoms with Gasteiger partial charge in [0.25, 0.3) is 0 Å². The van der Waals surface area contributed by atoms with Gasteiger partial charge in [-0.3, -0.25) is 5.32 Å². The number of halogens is 5. The molecule has 1 aromatic rings. The maximum Gasteiger partial charge on any atom is 0.329 e. The maximum atomic E-state index is 13.6. The van der Waals surface area contributed by atoms with Gasteiger partial charge in [0.1, 0.15) is 6.04 Å². The lowest BCUT2D eigenvalue weighted by molar-refractivity contribution is -0.138. The third-order valence-corrected chi connectivity index (χ3v) is 3.33. The van der Waals surface area contributed by atoms with Crippen molar-refractivity contribution in [2.24, 2.45) is 5.92 Å². The van der Waals surface area contributed by atoms with Gasteiger partial charge in [-0.25, -0.2) is 18.0 Å². The summed E-state index contributed by atoms with van der Waals surface area (Å²) < 4.78 is 71.0. The zero-order chi connectivity index (χ0) is 18.8. The average Bonchev–Trinajstić information content (AvgIpc) is 2.52. The van der Waals surface area contributed by atoms with E-state index in [1.165, 1.54) is 6.08 Å². The average molecular weight is 351 g/mol. The van der Waals surface area contributed by atoms with Gasteiger partial charge in [-0.2, -0.15) is 8.78 Å². The summed E-state index contributed by atoms with van der Waals surface area (Å²) in [7, 11) is 0. The van der Waals surface area contributed by atoms with Gasteiger partial charge in [0.15, 0.2) is 0 Å². The van der Waals surface area contributed by atoms with Crippen molar-refractivity contribution in [3.63, 3.8) is 0 Å². The van der Waals surface area contributed by atoms with Crippen LogP contribution in [-0.4, -0.2) is 17.6 Å². The van der Waals surface area contributed by atoms with Gasteiger partial charge in [-0.05, 0) is 19.8 Å². The summed E-state index contributed by atoms with van der Waals surface area (Å²) in [4.78, 5) is 12.2. The van der Waals surface area contributed by atoms with Crippen LogP contribution in [0.25, 0.3) is 0 Å². The zero-order valence-corrected chi connectivity index (χ0v) is 13.6. The Hall–Kier alpha value is -1.96. The van der Waals surface area contributed by atoms with Gasteiger partial charge in [-0.15, -0.1) is 6.58 Å². The van der Waals surface area contributed by atoms with Crippen LogP contribution >= 0.6 is 0 Å². The summed E-state index contributed by atoms with van der Waals surface area (Å²) in [6.45, 7) is 10.2. The van der Waals surface area contributed by atoms with Crippen molar-refractivity contribution < 1.29 is 31.5 Å². The Bertz CT molecular complexity index is 629. The van der Waals surface area contributed by atoms with Crippen LogP contribution in [0.1, 0.15) is 27.7 Å². The highest BCUT2D eigenvalue weighted by Gasteiger charge is 2.33. The van der Waals surface area contributed by atoms with Crippen LogP contribution in [0.4, 0.5) is 22.0 Å². The van der Waals surface area contributed by atoms with Gasteiger partial charge in [-0.1, -0.05) is 19.9 Å². The Morgan fingerprint density at radius 1 is 1.04 bits per heavy atom. The van der Waals surface area contributed by atoms with Crippen molar-refractivity contribution in [2.75, 3.05) is 0 Å². The molecule has 24 heavy (non-hydrogen) atoms. The highest BCUT2D eigenvalue weighted by molar-refractivity contribution is 5.78. The number of carbonyl (C=O) groups is 1. The van der Waals surface area contributed by atoms with E-state index in [4.69, 9.17) is 0 Å². The van der Waals surface area contributed by atoms with E-state index >= 15 is 0 Å². The lowest BCUT2D eigenvalue weighted by Gasteiger charge is -2.30. The van der Waals surface area contributed by atoms with Crippen molar-refractivity contribution in [3.05, 3.63) is 41.7 Å². The number of hydrogen-bond acceptors (Lipinski definition) is 3. The molecule has 1 atom stereocenters. The minimum Gasteiger partial charge on any atom is -0.419 e. The second-order valence-electron chi connectivity index (χ2n) is 6.11. The molecule has 0 saturated carbocycles. The van der Waals surface area contributed by atoms with Crippen molar-refractivity contribution in [2.45, 2.75) is 39.3 Å². The zero-order valence-electron chi connectivity index (χ0n) is 13.6. The summed E-state index contributed by atoms with van der Waals surface area (Å²) >= 11 is 0. The molecule has 1 rings (SSSR count). The van der Waals surface area contributed by atoms with E-state index in [9.17, 15) is 26.7 Å². The minimum atomic E-state index is -2.32. The van der Waals surface area contributed by atoms with Crippen LogP contribution in [0.3, 0.4) is 0 Å². The summed E-state index contributed by atoms with van der Waals surface area (Å²) in [6.07, 6.45) is 1.49. The molecule has 0 amide bonds. The minimum absolute atomic E-state index is 0.391. The quantitative estimate of drug-likeness (QED) is 0.211. The van der Waals surface area contributed by atoms with Gasteiger partial charge < -0.3 is 4.74 Å². The highest BCUT2D eigenvalue weighted by atomic mass is 19.2. The Morgan fingerprint density at radius 2 is 1.46 bits per heavy atom. The van der Waals surface area contributed by atoms with Crippen LogP contribution in [0.5, 0.6) is 5.75 Å². The Morgan fingerprint density at radius 3 is 1.83 bits per heavy atom. The Balaban J connectivity index is 3.20. The predicted molar refractivity (Wildman–Crippen MR) is 77.9 cm³/mol. The first-order chi connectivity index (χ1) is 10.9. The van der Waals surface area contributed by atoms with Crippen LogP contribution in [0, 0.1) is 35.0 Å². The maximum absolute atomic E-state index is 13.6. The molecule has 0 spiro atoms. The van der Waals surface area contributed by atoms with E-state index < -0.39 is 58.3 Å². The van der Waals surface area contributed by atoms with E-state index in [1.807, 2.05) is 0 Å². The lowest BCUT2D eigenvalue weighted by Crippen LogP contribution is -2.52. The molecule has 0 aliphatic carbocycles. The van der Waals surface area contributed by atoms with E-state index in [0.717, 1.165) is 0 Å². The number of ether oxygens (including phenoxy) is 1. The van der Waals surface area contributed by atoms with Gasteiger partial charge in [0.2, 0.25) is 34.8 Å². The first kappa shape index (κ1) is 20.1. The number of nitrogens with one attached hydrogen (secondary N) is 1. The summed E-state index contributed by atoms with van der Waals surface area (Å²) in [6, 6.07) is -1.06. The first-order valence-corrected chi connectivity index (χ1v) is 7.07. The molecule has 0 bridgehead atoms. The number of esters is 1. The Kier molecular flexibility index (Phi) is 6.10. The van der Waals surface area contributed by atoms with E-state index in [2.05, 4.69) is 16.6 Å². The Labute approximate surface area is 136 Å². The summed E-state index contributed by atoms with van der Waals surface area (Å²) in [5.41, 5.74) is -0.732. The van der Waals surface area contributed by atoms with Crippen molar-refractivity contribution in [1.82, 2.24) is 5.32 Å². The van der Waals surface area contributed by atoms with Gasteiger partial charge in [0.05, 0.1) is 0 Å². The number of rotatable bonds is 6. The number of hydrogen-bond donors (Lipinski definition) is 1. The van der Waals surface area contributed by atoms with E-state index in [-0.39, 0.29) is 0 Å². The molecule has 0 aromatic heterocycles. The topological polar surface area (TPSA) is 38.3 Å². The standard InChI is InChI=1S/C16H18F5NO2/c1-6-16(4,5)22-13(7(2)3)15(23)24-14-11(20)9(18)8(17)10(19)12(14)21/h6-7,13,22H,1H2,2-5H3/t13-/m1/s1. The molecule has 1 N–H and O–H groups in total. The SMILES string of the molecule is C=CC(C)(C)N[C@@H](C(=O)Oc1c(F)c(F)c(F)c(F)c1F)C(C)C. The third-order valence-electron chi connectivity index (χ3n) is 3.33. The molecule has 0 fully saturated rings. The fourth-order valence-electron chi connectivity index (χ4n) is 1.80. The van der Waals surface area contributed by atoms with E-state index in [1.54, 1.807) is 27.7 Å². The van der Waals surface area contributed by atoms with E-state index in [0.29, 0.717) is 0 Å². The smallest absolute Gasteiger partial charge is 0.329 e. The highest BCUT2D eigenvalue weighted by Crippen LogP contribution is 2.29. The fraction of sp³-hybridized carbons (Fsp3) is 0.438. The van der Waals surface area contributed by atoms with Gasteiger partial charge >= 0.3 is 5.97 Å². The molecule has 0 heterocycles. The molecular weight excluding hydrogens is 333 g/mol. The van der Waals surface area contributed by atoms with Crippen molar-refractivity contribution >= 4 is 5.97 Å². The molecule has 0 aliphatic rings. The number of benzene rings is 1. The van der Waals surface area contributed by atoms with Crippen LogP contribution in [-0.2, 0) is 4.79 Å². The molecule has 3 nitrogen and oxygen atoms in total. The summed E-state index contributed by atoms with van der Waals surface area (Å²) in [5, 5.41) is 2.84. The fourth-order valence-corrected chi connectivity index (χ4v) is 1.80. The molecular formula is C16H18F5NO2. The molecule has 1 aromatic carbocycles. The lowest BCUT2D eigenvalue weighted by atomic mass is 9.98. The predicted octanol–water partition coefficient (Wildman–Crippen LogP) is 3.87. The molecule has 0 saturated heterocycles. The molecule has 0 unspecified atom stereocenters. The largest absolute Gasteiger partial charge is 0.419 e. The van der Waals surface area contributed by atoms with Gasteiger partial charge in [0, 0.05) is 5.54 Å². The van der Waals surface area contributed by atoms with Crippen molar-refractivity contribution in [3.8, 4) is 5.75 Å². The molecule has 0 aliphatic heterocycles. The number of carbonyl (C=O) groups excluding carboxylic acids is 1. The summed E-state index contributed by atoms with van der Waals surface area (Å²) in [5.74, 6) is -14.3. The van der Waals surface area contributed by atoms with Crippen LogP contribution < -0.4 is 10.1 Å². The van der Waals surface area contributed by atoms with Crippen molar-refractivity contribution in [1.29, 1.82) is 0 Å². The normalized spacial score (nSPS) is 13.1. The monoisotopic (exact) mass is 351 g/mol. The van der Waals surface area contributed by atoms with Crippen LogP contribution in [0.2, 0.25) is 0 Å². The first-order valence-electron chi connectivity index (χ1n) is 7.07. The third kappa shape index (κ3) is 4.11.